The van der Waals surface area contributed by atoms with E-state index >= 15 is 0 Å². The molecule has 1 aliphatic heterocycles. The van der Waals surface area contributed by atoms with E-state index in [-0.39, 0.29) is 5.60 Å². The van der Waals surface area contributed by atoms with Crippen LogP contribution < -0.4 is 5.48 Å². The SMILES string of the molecule is CC1CNOC23CC2=C3C1. The standard InChI is InChI=1S/C8H11NO/c1-5-2-6-7-3-8(6,7)10-9-4-5/h5,9H,2-4H2,1H3. The van der Waals surface area contributed by atoms with Gasteiger partial charge in [0.15, 0.2) is 0 Å². The minimum Gasteiger partial charge on any atom is -0.286 e. The molecule has 0 aromatic carbocycles. The summed E-state index contributed by atoms with van der Waals surface area (Å²) in [6.07, 6.45) is 2.48. The van der Waals surface area contributed by atoms with Gasteiger partial charge in [0.25, 0.3) is 0 Å². The molecular formula is C8H11NO. The lowest BCUT2D eigenvalue weighted by molar-refractivity contribution is 0.00399. The minimum atomic E-state index is 0.199. The summed E-state index contributed by atoms with van der Waals surface area (Å²) in [5, 5.41) is 0. The third-order valence-electron chi connectivity index (χ3n) is 2.81. The second-order valence-electron chi connectivity index (χ2n) is 3.72. The van der Waals surface area contributed by atoms with E-state index in [1.165, 1.54) is 12.8 Å². The molecule has 0 aromatic heterocycles. The minimum absolute atomic E-state index is 0.199. The molecule has 54 valence electrons. The maximum atomic E-state index is 5.48. The topological polar surface area (TPSA) is 21.3 Å². The second-order valence-corrected chi connectivity index (χ2v) is 3.72. The van der Waals surface area contributed by atoms with Gasteiger partial charge in [0.2, 0.25) is 0 Å². The first-order valence-electron chi connectivity index (χ1n) is 3.97. The predicted molar refractivity (Wildman–Crippen MR) is 37.2 cm³/mol. The fourth-order valence-electron chi connectivity index (χ4n) is 1.90. The van der Waals surface area contributed by atoms with Crippen LogP contribution >= 0.6 is 0 Å². The quantitative estimate of drug-likeness (QED) is 0.503. The molecule has 2 heteroatoms. The summed E-state index contributed by atoms with van der Waals surface area (Å²) >= 11 is 0. The zero-order chi connectivity index (χ0) is 6.77. The van der Waals surface area contributed by atoms with Crippen molar-refractivity contribution in [3.63, 3.8) is 0 Å². The van der Waals surface area contributed by atoms with Gasteiger partial charge in [-0.3, -0.25) is 4.84 Å². The first-order chi connectivity index (χ1) is 4.83. The average Bonchev–Trinajstić information content (AvgIpc) is 2.69. The van der Waals surface area contributed by atoms with Crippen molar-refractivity contribution in [2.45, 2.75) is 25.4 Å². The average molecular weight is 137 g/mol. The Kier molecular flexibility index (Phi) is 0.701. The van der Waals surface area contributed by atoms with Crippen molar-refractivity contribution >= 4 is 0 Å². The van der Waals surface area contributed by atoms with Gasteiger partial charge < -0.3 is 0 Å². The van der Waals surface area contributed by atoms with Gasteiger partial charge >= 0.3 is 0 Å². The van der Waals surface area contributed by atoms with Crippen molar-refractivity contribution in [1.29, 1.82) is 0 Å². The van der Waals surface area contributed by atoms with Gasteiger partial charge in [-0.25, -0.2) is 5.48 Å². The Balaban J connectivity index is 1.86. The molecule has 2 nitrogen and oxygen atoms in total. The molecular weight excluding hydrogens is 126 g/mol. The Morgan fingerprint density at radius 2 is 2.50 bits per heavy atom. The number of nitrogens with one attached hydrogen (secondary N) is 1. The van der Waals surface area contributed by atoms with Crippen molar-refractivity contribution < 1.29 is 4.84 Å². The van der Waals surface area contributed by atoms with Crippen LogP contribution in [0.5, 0.6) is 0 Å². The second kappa shape index (κ2) is 1.31. The van der Waals surface area contributed by atoms with E-state index < -0.39 is 0 Å². The smallest absolute Gasteiger partial charge is 0.136 e. The molecule has 3 aliphatic rings. The van der Waals surface area contributed by atoms with Crippen LogP contribution in [-0.2, 0) is 4.84 Å². The summed E-state index contributed by atoms with van der Waals surface area (Å²) in [6, 6.07) is 0. The number of rotatable bonds is 0. The van der Waals surface area contributed by atoms with Crippen molar-refractivity contribution in [2.75, 3.05) is 6.54 Å². The highest BCUT2D eigenvalue weighted by Gasteiger charge is 2.70. The maximum absolute atomic E-state index is 5.48. The van der Waals surface area contributed by atoms with Crippen LogP contribution in [0, 0.1) is 5.92 Å². The van der Waals surface area contributed by atoms with Gasteiger partial charge in [0.1, 0.15) is 5.60 Å². The van der Waals surface area contributed by atoms with Crippen LogP contribution in [0.4, 0.5) is 0 Å². The van der Waals surface area contributed by atoms with Gasteiger partial charge in [0.05, 0.1) is 0 Å². The Morgan fingerprint density at radius 3 is 3.30 bits per heavy atom. The van der Waals surface area contributed by atoms with Gasteiger partial charge in [-0.05, 0) is 23.5 Å². The Bertz CT molecular complexity index is 233. The van der Waals surface area contributed by atoms with E-state index in [1.54, 1.807) is 11.1 Å². The fourth-order valence-corrected chi connectivity index (χ4v) is 1.90. The van der Waals surface area contributed by atoms with Crippen LogP contribution in [0.2, 0.25) is 0 Å². The summed E-state index contributed by atoms with van der Waals surface area (Å²) in [4.78, 5) is 5.48. The molecule has 2 atom stereocenters. The van der Waals surface area contributed by atoms with Crippen molar-refractivity contribution in [3.8, 4) is 0 Å². The lowest BCUT2D eigenvalue weighted by Gasteiger charge is -2.04. The van der Waals surface area contributed by atoms with Crippen LogP contribution in [0.15, 0.2) is 11.1 Å². The van der Waals surface area contributed by atoms with Crippen LogP contribution in [0.25, 0.3) is 0 Å². The first kappa shape index (κ1) is 5.33. The van der Waals surface area contributed by atoms with E-state index in [2.05, 4.69) is 12.4 Å². The number of hydroxylamine groups is 1. The summed E-state index contributed by atoms with van der Waals surface area (Å²) in [6.45, 7) is 3.28. The Hall–Kier alpha value is -0.340. The van der Waals surface area contributed by atoms with Crippen molar-refractivity contribution in [2.24, 2.45) is 5.92 Å². The number of hydrogen-bond donors (Lipinski definition) is 1. The van der Waals surface area contributed by atoms with Crippen molar-refractivity contribution in [1.82, 2.24) is 5.48 Å². The largest absolute Gasteiger partial charge is 0.286 e. The summed E-state index contributed by atoms with van der Waals surface area (Å²) in [5.41, 5.74) is 6.42. The molecule has 1 heterocycles. The highest BCUT2D eigenvalue weighted by molar-refractivity contribution is 5.68. The monoisotopic (exact) mass is 137 g/mol. The molecule has 0 radical (unpaired) electrons. The molecule has 10 heavy (non-hydrogen) atoms. The highest BCUT2D eigenvalue weighted by Crippen LogP contribution is 2.70. The molecule has 0 bridgehead atoms. The predicted octanol–water partition coefficient (Wildman–Crippen LogP) is 1.00. The summed E-state index contributed by atoms with van der Waals surface area (Å²) in [7, 11) is 0. The van der Waals surface area contributed by atoms with Gasteiger partial charge in [0, 0.05) is 13.0 Å². The highest BCUT2D eigenvalue weighted by atomic mass is 16.7. The van der Waals surface area contributed by atoms with E-state index in [4.69, 9.17) is 4.84 Å². The zero-order valence-electron chi connectivity index (χ0n) is 6.11. The van der Waals surface area contributed by atoms with Crippen LogP contribution in [0.1, 0.15) is 19.8 Å². The van der Waals surface area contributed by atoms with E-state index in [0.29, 0.717) is 0 Å². The van der Waals surface area contributed by atoms with E-state index in [1.807, 2.05) is 0 Å². The molecule has 2 aliphatic carbocycles. The molecule has 1 saturated heterocycles. The lowest BCUT2D eigenvalue weighted by Crippen LogP contribution is -2.21. The van der Waals surface area contributed by atoms with Gasteiger partial charge in [-0.15, -0.1) is 0 Å². The Labute approximate surface area is 60.2 Å². The van der Waals surface area contributed by atoms with Crippen LogP contribution in [0.3, 0.4) is 0 Å². The molecule has 1 saturated carbocycles. The molecule has 1 N–H and O–H groups in total. The van der Waals surface area contributed by atoms with Crippen molar-refractivity contribution in [3.05, 3.63) is 11.1 Å². The molecule has 2 unspecified atom stereocenters. The molecule has 3 rings (SSSR count). The third-order valence-corrected chi connectivity index (χ3v) is 2.81. The molecule has 1 spiro atoms. The van der Waals surface area contributed by atoms with E-state index in [9.17, 15) is 0 Å². The molecule has 0 amide bonds. The number of hydrogen-bond acceptors (Lipinski definition) is 2. The maximum Gasteiger partial charge on any atom is 0.136 e. The molecule has 0 aromatic rings. The normalized spacial score (nSPS) is 49.5. The lowest BCUT2D eigenvalue weighted by atomic mass is 10.0. The summed E-state index contributed by atoms with van der Waals surface area (Å²) < 4.78 is 0. The Morgan fingerprint density at radius 1 is 1.60 bits per heavy atom. The fraction of sp³-hybridized carbons (Fsp3) is 0.750. The van der Waals surface area contributed by atoms with E-state index in [0.717, 1.165) is 12.5 Å². The van der Waals surface area contributed by atoms with Gasteiger partial charge in [-0.2, -0.15) is 0 Å². The summed E-state index contributed by atoms with van der Waals surface area (Å²) in [5.74, 6) is 0.759. The first-order valence-corrected chi connectivity index (χ1v) is 3.97. The van der Waals surface area contributed by atoms with Crippen LogP contribution in [-0.4, -0.2) is 12.1 Å². The molecule has 2 fully saturated rings. The third kappa shape index (κ3) is 0.444. The zero-order valence-corrected chi connectivity index (χ0v) is 6.11. The van der Waals surface area contributed by atoms with Gasteiger partial charge in [-0.1, -0.05) is 6.92 Å².